The summed E-state index contributed by atoms with van der Waals surface area (Å²) in [4.78, 5) is 12.4. The van der Waals surface area contributed by atoms with Gasteiger partial charge in [-0.3, -0.25) is 4.79 Å². The minimum Gasteiger partial charge on any atom is -0.326 e. The van der Waals surface area contributed by atoms with Crippen LogP contribution in [0.4, 0.5) is 5.69 Å². The van der Waals surface area contributed by atoms with Crippen LogP contribution in [0, 0.1) is 0 Å². The van der Waals surface area contributed by atoms with Gasteiger partial charge in [0.2, 0.25) is 5.91 Å². The zero-order valence-electron chi connectivity index (χ0n) is 16.2. The SMILES string of the molecule is CCn1c(CCC(=O)Nc2cc(Cl)cc(Cl)c2)nnc1C1Cc2ccccc2C1. The fourth-order valence-electron chi connectivity index (χ4n) is 4.00. The molecule has 1 aromatic heterocycles. The standard InChI is InChI=1S/C22H22Cl2N4O/c1-2-28-20(7-8-21(29)25-19-12-17(23)11-18(24)13-19)26-27-22(28)16-9-14-5-3-4-6-15(14)10-16/h3-6,11-13,16H,2,7-10H2,1H3,(H,25,29). The minimum absolute atomic E-state index is 0.108. The number of hydrogen-bond donors (Lipinski definition) is 1. The van der Waals surface area contributed by atoms with Crippen molar-refractivity contribution in [3.63, 3.8) is 0 Å². The second kappa shape index (κ2) is 8.56. The lowest BCUT2D eigenvalue weighted by Crippen LogP contribution is -2.15. The van der Waals surface area contributed by atoms with Crippen LogP contribution in [0.15, 0.2) is 42.5 Å². The Morgan fingerprint density at radius 2 is 1.76 bits per heavy atom. The van der Waals surface area contributed by atoms with Gasteiger partial charge in [0.1, 0.15) is 11.6 Å². The molecule has 150 valence electrons. The van der Waals surface area contributed by atoms with E-state index in [-0.39, 0.29) is 5.91 Å². The summed E-state index contributed by atoms with van der Waals surface area (Å²) in [6, 6.07) is 13.5. The van der Waals surface area contributed by atoms with Crippen LogP contribution in [-0.2, 0) is 30.6 Å². The molecule has 1 heterocycles. The molecular formula is C22H22Cl2N4O. The summed E-state index contributed by atoms with van der Waals surface area (Å²) < 4.78 is 2.15. The highest BCUT2D eigenvalue weighted by Gasteiger charge is 2.27. The first-order valence-corrected chi connectivity index (χ1v) is 10.5. The second-order valence-corrected chi connectivity index (χ2v) is 8.17. The molecule has 5 nitrogen and oxygen atoms in total. The van der Waals surface area contributed by atoms with Gasteiger partial charge in [-0.05, 0) is 49.1 Å². The smallest absolute Gasteiger partial charge is 0.224 e. The highest BCUT2D eigenvalue weighted by molar-refractivity contribution is 6.35. The number of nitrogens with one attached hydrogen (secondary N) is 1. The number of fused-ring (bicyclic) bond motifs is 1. The Kier molecular flexibility index (Phi) is 5.88. The average molecular weight is 429 g/mol. The Balaban J connectivity index is 1.41. The molecule has 0 spiro atoms. The van der Waals surface area contributed by atoms with Crippen molar-refractivity contribution in [2.24, 2.45) is 0 Å². The number of halogens is 2. The molecule has 0 saturated heterocycles. The summed E-state index contributed by atoms with van der Waals surface area (Å²) in [5.74, 6) is 2.10. The van der Waals surface area contributed by atoms with Crippen molar-refractivity contribution in [3.8, 4) is 0 Å². The molecule has 1 aliphatic carbocycles. The predicted octanol–water partition coefficient (Wildman–Crippen LogP) is 5.06. The van der Waals surface area contributed by atoms with Crippen molar-refractivity contribution in [1.82, 2.24) is 14.8 Å². The number of benzene rings is 2. The molecule has 1 N–H and O–H groups in total. The van der Waals surface area contributed by atoms with Crippen molar-refractivity contribution in [3.05, 3.63) is 75.3 Å². The monoisotopic (exact) mass is 428 g/mol. The molecule has 7 heteroatoms. The Morgan fingerprint density at radius 1 is 1.10 bits per heavy atom. The van der Waals surface area contributed by atoms with E-state index in [1.54, 1.807) is 18.2 Å². The summed E-state index contributed by atoms with van der Waals surface area (Å²) in [5.41, 5.74) is 3.38. The van der Waals surface area contributed by atoms with E-state index in [9.17, 15) is 4.79 Å². The van der Waals surface area contributed by atoms with Gasteiger partial charge in [-0.1, -0.05) is 47.5 Å². The Hall–Kier alpha value is -2.37. The number of amides is 1. The molecule has 0 unspecified atom stereocenters. The maximum Gasteiger partial charge on any atom is 0.224 e. The van der Waals surface area contributed by atoms with E-state index in [1.807, 2.05) is 0 Å². The summed E-state index contributed by atoms with van der Waals surface area (Å²) in [6.07, 6.45) is 2.82. The molecule has 0 fully saturated rings. The molecule has 1 aliphatic rings. The van der Waals surface area contributed by atoms with Crippen molar-refractivity contribution in [2.45, 2.75) is 45.1 Å². The largest absolute Gasteiger partial charge is 0.326 e. The number of hydrogen-bond acceptors (Lipinski definition) is 3. The first kappa shape index (κ1) is 19.9. The number of rotatable bonds is 6. The van der Waals surface area contributed by atoms with Crippen LogP contribution in [0.1, 0.15) is 42.0 Å². The minimum atomic E-state index is -0.108. The van der Waals surface area contributed by atoms with Crippen LogP contribution in [0.25, 0.3) is 0 Å². The average Bonchev–Trinajstić information content (AvgIpc) is 3.28. The number of aryl methyl sites for hydroxylation is 1. The van der Waals surface area contributed by atoms with Gasteiger partial charge in [-0.2, -0.15) is 0 Å². The first-order chi connectivity index (χ1) is 14.0. The van der Waals surface area contributed by atoms with E-state index in [1.165, 1.54) is 11.1 Å². The number of nitrogens with zero attached hydrogens (tertiary/aromatic N) is 3. The second-order valence-electron chi connectivity index (χ2n) is 7.30. The third kappa shape index (κ3) is 4.46. The quantitative estimate of drug-likeness (QED) is 0.596. The lowest BCUT2D eigenvalue weighted by Gasteiger charge is -2.12. The molecule has 0 radical (unpaired) electrons. The lowest BCUT2D eigenvalue weighted by molar-refractivity contribution is -0.116. The van der Waals surface area contributed by atoms with Gasteiger partial charge < -0.3 is 9.88 Å². The van der Waals surface area contributed by atoms with E-state index >= 15 is 0 Å². The Labute approximate surface area is 180 Å². The van der Waals surface area contributed by atoms with Crippen LogP contribution in [0.5, 0.6) is 0 Å². The molecular weight excluding hydrogens is 407 g/mol. The molecule has 0 aliphatic heterocycles. The molecule has 0 saturated carbocycles. The van der Waals surface area contributed by atoms with Crippen molar-refractivity contribution >= 4 is 34.8 Å². The highest BCUT2D eigenvalue weighted by Crippen LogP contribution is 2.33. The lowest BCUT2D eigenvalue weighted by atomic mass is 10.1. The maximum absolute atomic E-state index is 12.4. The highest BCUT2D eigenvalue weighted by atomic mass is 35.5. The molecule has 2 aromatic carbocycles. The molecule has 0 atom stereocenters. The number of carbonyl (C=O) groups is 1. The summed E-state index contributed by atoms with van der Waals surface area (Å²) >= 11 is 12.0. The Bertz CT molecular complexity index is 1000. The number of carbonyl (C=O) groups excluding carboxylic acids is 1. The summed E-state index contributed by atoms with van der Waals surface area (Å²) in [6.45, 7) is 2.88. The fourth-order valence-corrected chi connectivity index (χ4v) is 4.52. The van der Waals surface area contributed by atoms with Gasteiger partial charge in [-0.25, -0.2) is 0 Å². The van der Waals surface area contributed by atoms with Gasteiger partial charge in [0.25, 0.3) is 0 Å². The van der Waals surface area contributed by atoms with Crippen molar-refractivity contribution < 1.29 is 4.79 Å². The normalized spacial score (nSPS) is 13.5. The topological polar surface area (TPSA) is 59.8 Å². The van der Waals surface area contributed by atoms with Crippen LogP contribution >= 0.6 is 23.2 Å². The predicted molar refractivity (Wildman–Crippen MR) is 116 cm³/mol. The van der Waals surface area contributed by atoms with Crippen LogP contribution in [0.2, 0.25) is 10.0 Å². The molecule has 29 heavy (non-hydrogen) atoms. The van der Waals surface area contributed by atoms with Gasteiger partial charge in [-0.15, -0.1) is 10.2 Å². The van der Waals surface area contributed by atoms with Crippen LogP contribution < -0.4 is 5.32 Å². The van der Waals surface area contributed by atoms with E-state index in [4.69, 9.17) is 23.2 Å². The van der Waals surface area contributed by atoms with E-state index < -0.39 is 0 Å². The number of anilines is 1. The first-order valence-electron chi connectivity index (χ1n) is 9.78. The zero-order chi connectivity index (χ0) is 20.4. The summed E-state index contributed by atoms with van der Waals surface area (Å²) in [7, 11) is 0. The van der Waals surface area contributed by atoms with E-state index in [0.717, 1.165) is 31.0 Å². The van der Waals surface area contributed by atoms with Crippen molar-refractivity contribution in [1.29, 1.82) is 0 Å². The van der Waals surface area contributed by atoms with Gasteiger partial charge in [0.15, 0.2) is 0 Å². The van der Waals surface area contributed by atoms with Crippen LogP contribution in [0.3, 0.4) is 0 Å². The van der Waals surface area contributed by atoms with Gasteiger partial charge in [0.05, 0.1) is 0 Å². The van der Waals surface area contributed by atoms with E-state index in [0.29, 0.717) is 34.5 Å². The van der Waals surface area contributed by atoms with E-state index in [2.05, 4.69) is 51.3 Å². The molecule has 0 bridgehead atoms. The molecule has 4 rings (SSSR count). The fraction of sp³-hybridized carbons (Fsp3) is 0.318. The molecule has 3 aromatic rings. The maximum atomic E-state index is 12.4. The molecule has 1 amide bonds. The van der Waals surface area contributed by atoms with Crippen LogP contribution in [-0.4, -0.2) is 20.7 Å². The Morgan fingerprint density at radius 3 is 2.38 bits per heavy atom. The van der Waals surface area contributed by atoms with Crippen molar-refractivity contribution in [2.75, 3.05) is 5.32 Å². The summed E-state index contributed by atoms with van der Waals surface area (Å²) in [5, 5.41) is 12.7. The third-order valence-corrected chi connectivity index (χ3v) is 5.75. The van der Waals surface area contributed by atoms with Gasteiger partial charge >= 0.3 is 0 Å². The van der Waals surface area contributed by atoms with Gasteiger partial charge in [0, 0.05) is 41.0 Å². The zero-order valence-corrected chi connectivity index (χ0v) is 17.7. The number of aromatic nitrogens is 3. The third-order valence-electron chi connectivity index (χ3n) is 5.31.